The van der Waals surface area contributed by atoms with Crippen LogP contribution in [0.3, 0.4) is 0 Å². The predicted molar refractivity (Wildman–Crippen MR) is 86.6 cm³/mol. The van der Waals surface area contributed by atoms with Gasteiger partial charge in [-0.15, -0.1) is 0 Å². The Balaban J connectivity index is 2.75. The summed E-state index contributed by atoms with van der Waals surface area (Å²) in [6.07, 6.45) is 1.45. The highest BCUT2D eigenvalue weighted by atomic mass is 16.3. The highest BCUT2D eigenvalue weighted by Gasteiger charge is 2.25. The summed E-state index contributed by atoms with van der Waals surface area (Å²) < 4.78 is 0. The molecule has 0 spiro atoms. The summed E-state index contributed by atoms with van der Waals surface area (Å²) in [5, 5.41) is 18.9. The highest BCUT2D eigenvalue weighted by Crippen LogP contribution is 2.25. The maximum Gasteiger partial charge on any atom is 0.0718 e. The SMILES string of the molecule is CC(C)(O)CN(Cc1ccccc1)CC(C)(C)CCC#N. The number of aliphatic hydroxyl groups is 1. The van der Waals surface area contributed by atoms with Gasteiger partial charge in [0.1, 0.15) is 0 Å². The molecule has 0 radical (unpaired) electrons. The minimum Gasteiger partial charge on any atom is -0.389 e. The monoisotopic (exact) mass is 288 g/mol. The van der Waals surface area contributed by atoms with Gasteiger partial charge in [-0.25, -0.2) is 0 Å². The number of benzene rings is 1. The molecule has 3 heteroatoms. The van der Waals surface area contributed by atoms with Crippen LogP contribution in [0.4, 0.5) is 0 Å². The van der Waals surface area contributed by atoms with Crippen molar-refractivity contribution in [3.05, 3.63) is 35.9 Å². The molecule has 1 aromatic carbocycles. The molecular formula is C18H28N2O. The molecule has 0 aromatic heterocycles. The number of hydrogen-bond donors (Lipinski definition) is 1. The molecule has 0 amide bonds. The zero-order valence-electron chi connectivity index (χ0n) is 13.8. The highest BCUT2D eigenvalue weighted by molar-refractivity contribution is 5.14. The largest absolute Gasteiger partial charge is 0.389 e. The molecule has 0 aliphatic heterocycles. The lowest BCUT2D eigenvalue weighted by molar-refractivity contribution is 0.0199. The van der Waals surface area contributed by atoms with Crippen LogP contribution in [-0.4, -0.2) is 28.7 Å². The van der Waals surface area contributed by atoms with Crippen LogP contribution in [0.5, 0.6) is 0 Å². The van der Waals surface area contributed by atoms with Crippen molar-refractivity contribution in [3.63, 3.8) is 0 Å². The Bertz CT molecular complexity index is 454. The fourth-order valence-electron chi connectivity index (χ4n) is 2.64. The average molecular weight is 288 g/mol. The van der Waals surface area contributed by atoms with E-state index in [0.29, 0.717) is 13.0 Å². The van der Waals surface area contributed by atoms with Gasteiger partial charge in [-0.1, -0.05) is 44.2 Å². The first kappa shape index (κ1) is 17.7. The van der Waals surface area contributed by atoms with Gasteiger partial charge < -0.3 is 5.11 Å². The smallest absolute Gasteiger partial charge is 0.0718 e. The van der Waals surface area contributed by atoms with E-state index in [1.54, 1.807) is 0 Å². The van der Waals surface area contributed by atoms with Crippen LogP contribution in [0.2, 0.25) is 0 Å². The summed E-state index contributed by atoms with van der Waals surface area (Å²) in [5.41, 5.74) is 0.591. The fraction of sp³-hybridized carbons (Fsp3) is 0.611. The van der Waals surface area contributed by atoms with Crippen molar-refractivity contribution in [3.8, 4) is 6.07 Å². The van der Waals surface area contributed by atoms with E-state index in [2.05, 4.69) is 36.9 Å². The van der Waals surface area contributed by atoms with Gasteiger partial charge in [0.25, 0.3) is 0 Å². The lowest BCUT2D eigenvalue weighted by Crippen LogP contribution is -2.42. The standard InChI is InChI=1S/C18H28N2O/c1-17(2,11-8-12-19)14-20(15-18(3,4)21)13-16-9-6-5-7-10-16/h5-7,9-10,21H,8,11,13-15H2,1-4H3. The first-order valence-electron chi connectivity index (χ1n) is 7.57. The van der Waals surface area contributed by atoms with Gasteiger partial charge in [0.15, 0.2) is 0 Å². The van der Waals surface area contributed by atoms with Crippen LogP contribution in [-0.2, 0) is 6.54 Å². The molecule has 1 N–H and O–H groups in total. The van der Waals surface area contributed by atoms with Crippen molar-refractivity contribution in [1.29, 1.82) is 5.26 Å². The molecule has 0 unspecified atom stereocenters. The van der Waals surface area contributed by atoms with Crippen LogP contribution in [0.1, 0.15) is 46.1 Å². The Morgan fingerprint density at radius 2 is 1.71 bits per heavy atom. The van der Waals surface area contributed by atoms with Crippen molar-refractivity contribution >= 4 is 0 Å². The summed E-state index contributed by atoms with van der Waals surface area (Å²) in [4.78, 5) is 2.28. The Labute approximate surface area is 129 Å². The van der Waals surface area contributed by atoms with Gasteiger partial charge in [0.05, 0.1) is 11.7 Å². The summed E-state index contributed by atoms with van der Waals surface area (Å²) in [7, 11) is 0. The first-order valence-corrected chi connectivity index (χ1v) is 7.57. The quantitative estimate of drug-likeness (QED) is 0.795. The normalized spacial score (nSPS) is 12.4. The summed E-state index contributed by atoms with van der Waals surface area (Å²) in [6.45, 7) is 10.4. The lowest BCUT2D eigenvalue weighted by Gasteiger charge is -2.35. The van der Waals surface area contributed by atoms with E-state index in [9.17, 15) is 5.11 Å². The Hall–Kier alpha value is -1.37. The molecule has 0 aliphatic carbocycles. The molecular weight excluding hydrogens is 260 g/mol. The van der Waals surface area contributed by atoms with Gasteiger partial charge in [0, 0.05) is 26.1 Å². The molecule has 0 saturated carbocycles. The molecule has 116 valence electrons. The summed E-state index contributed by atoms with van der Waals surface area (Å²) in [5.74, 6) is 0. The topological polar surface area (TPSA) is 47.3 Å². The maximum atomic E-state index is 10.1. The van der Waals surface area contributed by atoms with Crippen molar-refractivity contribution in [2.24, 2.45) is 5.41 Å². The number of nitrogens with zero attached hydrogens (tertiary/aromatic N) is 2. The van der Waals surface area contributed by atoms with E-state index in [-0.39, 0.29) is 5.41 Å². The minimum atomic E-state index is -0.722. The molecule has 1 aromatic rings. The minimum absolute atomic E-state index is 0.0652. The third kappa shape index (κ3) is 7.84. The van der Waals surface area contributed by atoms with E-state index >= 15 is 0 Å². The van der Waals surface area contributed by atoms with Crippen LogP contribution >= 0.6 is 0 Å². The van der Waals surface area contributed by atoms with E-state index in [1.165, 1.54) is 5.56 Å². The molecule has 3 nitrogen and oxygen atoms in total. The molecule has 0 atom stereocenters. The van der Waals surface area contributed by atoms with Crippen molar-refractivity contribution < 1.29 is 5.11 Å². The van der Waals surface area contributed by atoms with Crippen LogP contribution in [0.25, 0.3) is 0 Å². The summed E-state index contributed by atoms with van der Waals surface area (Å²) in [6, 6.07) is 12.5. The van der Waals surface area contributed by atoms with Gasteiger partial charge in [-0.05, 0) is 31.2 Å². The van der Waals surface area contributed by atoms with Gasteiger partial charge >= 0.3 is 0 Å². The van der Waals surface area contributed by atoms with E-state index in [0.717, 1.165) is 19.5 Å². The molecule has 0 fully saturated rings. The number of rotatable bonds is 8. The second-order valence-corrected chi connectivity index (χ2v) is 7.27. The van der Waals surface area contributed by atoms with E-state index in [4.69, 9.17) is 5.26 Å². The van der Waals surface area contributed by atoms with Gasteiger partial charge in [0.2, 0.25) is 0 Å². The van der Waals surface area contributed by atoms with Crippen LogP contribution in [0, 0.1) is 16.7 Å². The second kappa shape index (κ2) is 7.59. The second-order valence-electron chi connectivity index (χ2n) is 7.27. The molecule has 0 heterocycles. The van der Waals surface area contributed by atoms with Crippen LogP contribution < -0.4 is 0 Å². The molecule has 0 bridgehead atoms. The Morgan fingerprint density at radius 3 is 2.24 bits per heavy atom. The van der Waals surface area contributed by atoms with Crippen molar-refractivity contribution in [2.75, 3.05) is 13.1 Å². The van der Waals surface area contributed by atoms with Crippen molar-refractivity contribution in [1.82, 2.24) is 4.90 Å². The molecule has 1 rings (SSSR count). The molecule has 21 heavy (non-hydrogen) atoms. The molecule has 0 saturated heterocycles. The maximum absolute atomic E-state index is 10.1. The number of hydrogen-bond acceptors (Lipinski definition) is 3. The predicted octanol–water partition coefficient (Wildman–Crippen LogP) is 3.59. The Kier molecular flexibility index (Phi) is 6.39. The van der Waals surface area contributed by atoms with Crippen molar-refractivity contribution in [2.45, 2.75) is 52.7 Å². The number of nitriles is 1. The van der Waals surface area contributed by atoms with Crippen LogP contribution in [0.15, 0.2) is 30.3 Å². The van der Waals surface area contributed by atoms with Gasteiger partial charge in [-0.3, -0.25) is 4.90 Å². The van der Waals surface area contributed by atoms with E-state index in [1.807, 2.05) is 32.0 Å². The zero-order chi connectivity index (χ0) is 15.9. The summed E-state index contributed by atoms with van der Waals surface area (Å²) >= 11 is 0. The van der Waals surface area contributed by atoms with Gasteiger partial charge in [-0.2, -0.15) is 5.26 Å². The molecule has 0 aliphatic rings. The van der Waals surface area contributed by atoms with E-state index < -0.39 is 5.60 Å². The fourth-order valence-corrected chi connectivity index (χ4v) is 2.64. The third-order valence-electron chi connectivity index (χ3n) is 3.42. The average Bonchev–Trinajstić information content (AvgIpc) is 2.35. The first-order chi connectivity index (χ1) is 9.72. The Morgan fingerprint density at radius 1 is 1.10 bits per heavy atom. The third-order valence-corrected chi connectivity index (χ3v) is 3.42. The zero-order valence-corrected chi connectivity index (χ0v) is 13.8. The lowest BCUT2D eigenvalue weighted by atomic mass is 9.87.